The van der Waals surface area contributed by atoms with E-state index in [4.69, 9.17) is 0 Å². The molecule has 0 saturated heterocycles. The first-order valence-corrected chi connectivity index (χ1v) is 8.06. The van der Waals surface area contributed by atoms with Gasteiger partial charge in [0.2, 0.25) is 0 Å². The number of rotatable bonds is 6. The molecule has 0 aliphatic heterocycles. The van der Waals surface area contributed by atoms with Crippen molar-refractivity contribution < 1.29 is 0 Å². The summed E-state index contributed by atoms with van der Waals surface area (Å²) in [5, 5.41) is 3.95. The Morgan fingerprint density at radius 2 is 1.71 bits per heavy atom. The summed E-state index contributed by atoms with van der Waals surface area (Å²) in [6.45, 7) is 5.95. The number of hydrogen-bond donors (Lipinski definition) is 1. The second-order valence-corrected chi connectivity index (χ2v) is 6.40. The molecular formula is C16H31N. The zero-order chi connectivity index (χ0) is 12.1. The third-order valence-electron chi connectivity index (χ3n) is 5.45. The van der Waals surface area contributed by atoms with E-state index in [1.54, 1.807) is 0 Å². The van der Waals surface area contributed by atoms with Crippen LogP contribution in [-0.2, 0) is 0 Å². The van der Waals surface area contributed by atoms with Gasteiger partial charge in [0.15, 0.2) is 0 Å². The van der Waals surface area contributed by atoms with Crippen LogP contribution in [0, 0.1) is 11.3 Å². The van der Waals surface area contributed by atoms with Crippen LogP contribution in [0.2, 0.25) is 0 Å². The predicted molar refractivity (Wildman–Crippen MR) is 75.2 cm³/mol. The van der Waals surface area contributed by atoms with Crippen molar-refractivity contribution in [3.8, 4) is 0 Å². The van der Waals surface area contributed by atoms with Crippen LogP contribution in [0.5, 0.6) is 0 Å². The van der Waals surface area contributed by atoms with E-state index < -0.39 is 0 Å². The van der Waals surface area contributed by atoms with Crippen molar-refractivity contribution in [2.45, 2.75) is 84.1 Å². The SMILES string of the molecule is CCCNC(C1CCCC1)C1(CC)CCCC1. The first-order valence-electron chi connectivity index (χ1n) is 8.06. The maximum Gasteiger partial charge on any atom is 0.0152 e. The summed E-state index contributed by atoms with van der Waals surface area (Å²) in [5.41, 5.74) is 0.657. The molecule has 2 saturated carbocycles. The van der Waals surface area contributed by atoms with Gasteiger partial charge in [-0.3, -0.25) is 0 Å². The molecule has 0 radical (unpaired) electrons. The van der Waals surface area contributed by atoms with E-state index in [-0.39, 0.29) is 0 Å². The van der Waals surface area contributed by atoms with Crippen molar-refractivity contribution in [3.05, 3.63) is 0 Å². The first kappa shape index (κ1) is 13.4. The fourth-order valence-electron chi connectivity index (χ4n) is 4.44. The van der Waals surface area contributed by atoms with Crippen LogP contribution in [0.15, 0.2) is 0 Å². The maximum atomic E-state index is 3.95. The lowest BCUT2D eigenvalue weighted by molar-refractivity contribution is 0.133. The largest absolute Gasteiger partial charge is 0.313 e. The molecule has 1 nitrogen and oxygen atoms in total. The Hall–Kier alpha value is -0.0400. The molecule has 1 unspecified atom stereocenters. The summed E-state index contributed by atoms with van der Waals surface area (Å²) in [5.74, 6) is 0.986. The average molecular weight is 237 g/mol. The van der Waals surface area contributed by atoms with Gasteiger partial charge in [-0.25, -0.2) is 0 Å². The first-order chi connectivity index (χ1) is 8.32. The fourth-order valence-corrected chi connectivity index (χ4v) is 4.44. The van der Waals surface area contributed by atoms with Crippen LogP contribution in [0.1, 0.15) is 78.1 Å². The van der Waals surface area contributed by atoms with Gasteiger partial charge >= 0.3 is 0 Å². The van der Waals surface area contributed by atoms with E-state index in [9.17, 15) is 0 Å². The van der Waals surface area contributed by atoms with Crippen molar-refractivity contribution in [2.75, 3.05) is 6.54 Å². The molecule has 0 aromatic rings. The fraction of sp³-hybridized carbons (Fsp3) is 1.00. The van der Waals surface area contributed by atoms with Crippen molar-refractivity contribution >= 4 is 0 Å². The topological polar surface area (TPSA) is 12.0 Å². The van der Waals surface area contributed by atoms with Gasteiger partial charge in [0, 0.05) is 6.04 Å². The molecule has 2 fully saturated rings. The van der Waals surface area contributed by atoms with Crippen LogP contribution in [0.3, 0.4) is 0 Å². The number of hydrogen-bond acceptors (Lipinski definition) is 1. The molecule has 0 aromatic heterocycles. The predicted octanol–water partition coefficient (Wildman–Crippen LogP) is 4.52. The summed E-state index contributed by atoms with van der Waals surface area (Å²) in [4.78, 5) is 0. The summed E-state index contributed by atoms with van der Waals surface area (Å²) in [6, 6.07) is 0.831. The normalized spacial score (nSPS) is 26.5. The molecule has 2 rings (SSSR count). The third-order valence-corrected chi connectivity index (χ3v) is 5.45. The van der Waals surface area contributed by atoms with Gasteiger partial charge in [-0.15, -0.1) is 0 Å². The minimum Gasteiger partial charge on any atom is -0.313 e. The van der Waals surface area contributed by atoms with E-state index in [1.165, 1.54) is 70.8 Å². The highest BCUT2D eigenvalue weighted by atomic mass is 14.9. The van der Waals surface area contributed by atoms with Gasteiger partial charge in [0.05, 0.1) is 0 Å². The Balaban J connectivity index is 2.06. The van der Waals surface area contributed by atoms with Gasteiger partial charge in [0.25, 0.3) is 0 Å². The lowest BCUT2D eigenvalue weighted by Gasteiger charge is -2.41. The Kier molecular flexibility index (Phi) is 4.90. The molecule has 17 heavy (non-hydrogen) atoms. The Morgan fingerprint density at radius 1 is 1.06 bits per heavy atom. The molecule has 1 atom stereocenters. The van der Waals surface area contributed by atoms with Gasteiger partial charge in [-0.05, 0) is 56.4 Å². The highest BCUT2D eigenvalue weighted by Gasteiger charge is 2.43. The summed E-state index contributed by atoms with van der Waals surface area (Å²) in [7, 11) is 0. The van der Waals surface area contributed by atoms with E-state index in [0.717, 1.165) is 12.0 Å². The maximum absolute atomic E-state index is 3.95. The molecule has 100 valence electrons. The average Bonchev–Trinajstić information content (AvgIpc) is 3.01. The van der Waals surface area contributed by atoms with Crippen molar-refractivity contribution in [2.24, 2.45) is 11.3 Å². The van der Waals surface area contributed by atoms with Crippen molar-refractivity contribution in [1.82, 2.24) is 5.32 Å². The third kappa shape index (κ3) is 2.86. The van der Waals surface area contributed by atoms with Gasteiger partial charge in [0.1, 0.15) is 0 Å². The van der Waals surface area contributed by atoms with E-state index in [1.807, 2.05) is 0 Å². The molecule has 0 aromatic carbocycles. The van der Waals surface area contributed by atoms with Crippen LogP contribution in [0.4, 0.5) is 0 Å². The van der Waals surface area contributed by atoms with E-state index >= 15 is 0 Å². The summed E-state index contributed by atoms with van der Waals surface area (Å²) < 4.78 is 0. The minimum atomic E-state index is 0.657. The van der Waals surface area contributed by atoms with E-state index in [2.05, 4.69) is 19.2 Å². The van der Waals surface area contributed by atoms with Gasteiger partial charge in [-0.1, -0.05) is 39.5 Å². The second kappa shape index (κ2) is 6.22. The van der Waals surface area contributed by atoms with Gasteiger partial charge < -0.3 is 5.32 Å². The molecule has 2 aliphatic rings. The molecular weight excluding hydrogens is 206 g/mol. The zero-order valence-electron chi connectivity index (χ0n) is 11.9. The molecule has 1 N–H and O–H groups in total. The summed E-state index contributed by atoms with van der Waals surface area (Å²) >= 11 is 0. The Morgan fingerprint density at radius 3 is 2.24 bits per heavy atom. The molecule has 1 heteroatoms. The van der Waals surface area contributed by atoms with Crippen LogP contribution in [0.25, 0.3) is 0 Å². The number of nitrogens with one attached hydrogen (secondary N) is 1. The van der Waals surface area contributed by atoms with Crippen molar-refractivity contribution in [3.63, 3.8) is 0 Å². The lowest BCUT2D eigenvalue weighted by Crippen LogP contribution is -2.48. The van der Waals surface area contributed by atoms with E-state index in [0.29, 0.717) is 5.41 Å². The molecule has 0 heterocycles. The molecule has 0 bridgehead atoms. The van der Waals surface area contributed by atoms with Crippen LogP contribution >= 0.6 is 0 Å². The minimum absolute atomic E-state index is 0.657. The van der Waals surface area contributed by atoms with Gasteiger partial charge in [-0.2, -0.15) is 0 Å². The molecule has 2 aliphatic carbocycles. The Bertz CT molecular complexity index is 212. The van der Waals surface area contributed by atoms with Crippen LogP contribution in [-0.4, -0.2) is 12.6 Å². The quantitative estimate of drug-likeness (QED) is 0.716. The molecule has 0 spiro atoms. The lowest BCUT2D eigenvalue weighted by atomic mass is 9.70. The smallest absolute Gasteiger partial charge is 0.0152 e. The molecule has 0 amide bonds. The second-order valence-electron chi connectivity index (χ2n) is 6.40. The zero-order valence-corrected chi connectivity index (χ0v) is 11.9. The summed E-state index contributed by atoms with van der Waals surface area (Å²) in [6.07, 6.45) is 14.5. The standard InChI is InChI=1S/C16H31N/c1-3-13-17-15(14-9-5-6-10-14)16(4-2)11-7-8-12-16/h14-15,17H,3-13H2,1-2H3. The Labute approximate surface area is 108 Å². The monoisotopic (exact) mass is 237 g/mol. The highest BCUT2D eigenvalue weighted by Crippen LogP contribution is 2.48. The van der Waals surface area contributed by atoms with Crippen molar-refractivity contribution in [1.29, 1.82) is 0 Å². The highest BCUT2D eigenvalue weighted by molar-refractivity contribution is 4.98. The van der Waals surface area contributed by atoms with Crippen LogP contribution < -0.4 is 5.32 Å².